The summed E-state index contributed by atoms with van der Waals surface area (Å²) >= 11 is 0. The predicted octanol–water partition coefficient (Wildman–Crippen LogP) is 5.80. The van der Waals surface area contributed by atoms with Gasteiger partial charge >= 0.3 is 0 Å². The van der Waals surface area contributed by atoms with Gasteiger partial charge in [-0.05, 0) is 38.5 Å². The van der Waals surface area contributed by atoms with Gasteiger partial charge in [0.15, 0.2) is 5.82 Å². The Labute approximate surface area is 159 Å². The third-order valence-corrected chi connectivity index (χ3v) is 4.56. The standard InChI is InChI=1S/C24H21N3/c1-16-4-8-19(9-5-16)22-12-21(24-25-14-18(3)15-26-24)13-23(27-22)20-10-6-17(2)7-11-20/h4-15H,1-3H3. The van der Waals surface area contributed by atoms with Gasteiger partial charge in [-0.2, -0.15) is 0 Å². The third-order valence-electron chi connectivity index (χ3n) is 4.56. The van der Waals surface area contributed by atoms with Crippen LogP contribution in [0.3, 0.4) is 0 Å². The Balaban J connectivity index is 1.89. The number of nitrogens with zero attached hydrogens (tertiary/aromatic N) is 3. The molecule has 2 aromatic heterocycles. The van der Waals surface area contributed by atoms with Crippen LogP contribution in [0.5, 0.6) is 0 Å². The first-order valence-electron chi connectivity index (χ1n) is 9.04. The van der Waals surface area contributed by atoms with Gasteiger partial charge < -0.3 is 0 Å². The van der Waals surface area contributed by atoms with Gasteiger partial charge in [-0.25, -0.2) is 15.0 Å². The molecule has 0 saturated heterocycles. The Hall–Kier alpha value is -3.33. The molecule has 27 heavy (non-hydrogen) atoms. The molecule has 0 unspecified atom stereocenters. The van der Waals surface area contributed by atoms with Gasteiger partial charge in [0.1, 0.15) is 0 Å². The lowest BCUT2D eigenvalue weighted by Crippen LogP contribution is -1.94. The summed E-state index contributed by atoms with van der Waals surface area (Å²) in [5, 5.41) is 0. The van der Waals surface area contributed by atoms with E-state index in [1.165, 1.54) is 11.1 Å². The molecule has 0 radical (unpaired) electrons. The number of aromatic nitrogens is 3. The molecule has 0 saturated carbocycles. The van der Waals surface area contributed by atoms with Crippen molar-refractivity contribution in [1.82, 2.24) is 15.0 Å². The molecule has 4 rings (SSSR count). The van der Waals surface area contributed by atoms with E-state index >= 15 is 0 Å². The Morgan fingerprint density at radius 2 is 0.963 bits per heavy atom. The van der Waals surface area contributed by atoms with E-state index in [-0.39, 0.29) is 0 Å². The molecule has 2 aromatic carbocycles. The lowest BCUT2D eigenvalue weighted by atomic mass is 10.0. The first-order chi connectivity index (χ1) is 13.1. The Morgan fingerprint density at radius 1 is 0.519 bits per heavy atom. The highest BCUT2D eigenvalue weighted by Crippen LogP contribution is 2.29. The zero-order valence-corrected chi connectivity index (χ0v) is 15.8. The van der Waals surface area contributed by atoms with E-state index in [9.17, 15) is 0 Å². The average Bonchev–Trinajstić information content (AvgIpc) is 2.69. The molecule has 0 aliphatic rings. The summed E-state index contributed by atoms with van der Waals surface area (Å²) in [7, 11) is 0. The topological polar surface area (TPSA) is 38.7 Å². The second-order valence-electron chi connectivity index (χ2n) is 6.94. The second-order valence-corrected chi connectivity index (χ2v) is 6.94. The van der Waals surface area contributed by atoms with Gasteiger partial charge in [-0.15, -0.1) is 0 Å². The largest absolute Gasteiger partial charge is 0.248 e. The van der Waals surface area contributed by atoms with Crippen molar-refractivity contribution in [1.29, 1.82) is 0 Å². The van der Waals surface area contributed by atoms with Crippen molar-refractivity contribution in [2.24, 2.45) is 0 Å². The highest BCUT2D eigenvalue weighted by Gasteiger charge is 2.10. The zero-order chi connectivity index (χ0) is 18.8. The minimum absolute atomic E-state index is 0.713. The molecule has 132 valence electrons. The SMILES string of the molecule is Cc1ccc(-c2cc(-c3ncc(C)cn3)cc(-c3ccc(C)cc3)n2)cc1. The fourth-order valence-corrected chi connectivity index (χ4v) is 2.95. The molecule has 0 amide bonds. The van der Waals surface area contributed by atoms with Crippen LogP contribution in [0.2, 0.25) is 0 Å². The molecule has 3 heteroatoms. The average molecular weight is 351 g/mol. The maximum absolute atomic E-state index is 4.92. The number of benzene rings is 2. The van der Waals surface area contributed by atoms with Crippen LogP contribution in [0, 0.1) is 20.8 Å². The van der Waals surface area contributed by atoms with Gasteiger partial charge in [0.05, 0.1) is 11.4 Å². The molecule has 0 bridgehead atoms. The summed E-state index contributed by atoms with van der Waals surface area (Å²) in [5.74, 6) is 0.713. The van der Waals surface area contributed by atoms with Crippen molar-refractivity contribution in [3.05, 3.63) is 89.7 Å². The van der Waals surface area contributed by atoms with Crippen LogP contribution in [0.4, 0.5) is 0 Å². The normalized spacial score (nSPS) is 10.8. The van der Waals surface area contributed by atoms with Gasteiger partial charge in [0, 0.05) is 29.1 Å². The van der Waals surface area contributed by atoms with E-state index in [1.807, 2.05) is 19.3 Å². The molecule has 0 fully saturated rings. The molecule has 2 heterocycles. The maximum Gasteiger partial charge on any atom is 0.159 e. The number of rotatable bonds is 3. The number of aryl methyl sites for hydroxylation is 3. The number of hydrogen-bond donors (Lipinski definition) is 0. The van der Waals surface area contributed by atoms with Crippen LogP contribution in [-0.4, -0.2) is 15.0 Å². The second kappa shape index (κ2) is 7.12. The first-order valence-corrected chi connectivity index (χ1v) is 9.04. The fraction of sp³-hybridized carbons (Fsp3) is 0.125. The van der Waals surface area contributed by atoms with Gasteiger partial charge in [0.25, 0.3) is 0 Å². The first kappa shape index (κ1) is 17.1. The van der Waals surface area contributed by atoms with E-state index < -0.39 is 0 Å². The van der Waals surface area contributed by atoms with Crippen LogP contribution >= 0.6 is 0 Å². The van der Waals surface area contributed by atoms with Crippen LogP contribution in [0.25, 0.3) is 33.9 Å². The quantitative estimate of drug-likeness (QED) is 0.468. The van der Waals surface area contributed by atoms with Crippen LogP contribution < -0.4 is 0 Å². The Kier molecular flexibility index (Phi) is 4.51. The van der Waals surface area contributed by atoms with E-state index in [4.69, 9.17) is 4.98 Å². The van der Waals surface area contributed by atoms with Crippen molar-refractivity contribution in [3.63, 3.8) is 0 Å². The van der Waals surface area contributed by atoms with Gasteiger partial charge in [-0.1, -0.05) is 59.7 Å². The van der Waals surface area contributed by atoms with Crippen molar-refractivity contribution >= 4 is 0 Å². The summed E-state index contributed by atoms with van der Waals surface area (Å²) < 4.78 is 0. The van der Waals surface area contributed by atoms with Crippen molar-refractivity contribution < 1.29 is 0 Å². The summed E-state index contributed by atoms with van der Waals surface area (Å²) in [6.45, 7) is 6.17. The molecule has 0 aliphatic carbocycles. The number of pyridine rings is 1. The molecular weight excluding hydrogens is 330 g/mol. The molecule has 0 N–H and O–H groups in total. The minimum Gasteiger partial charge on any atom is -0.248 e. The van der Waals surface area contributed by atoms with Crippen LogP contribution in [0.15, 0.2) is 73.1 Å². The zero-order valence-electron chi connectivity index (χ0n) is 15.8. The summed E-state index contributed by atoms with van der Waals surface area (Å²) in [6.07, 6.45) is 3.69. The monoisotopic (exact) mass is 351 g/mol. The van der Waals surface area contributed by atoms with Crippen LogP contribution in [-0.2, 0) is 0 Å². The summed E-state index contributed by atoms with van der Waals surface area (Å²) in [6, 6.07) is 21.0. The lowest BCUT2D eigenvalue weighted by molar-refractivity contribution is 1.13. The van der Waals surface area contributed by atoms with E-state index in [2.05, 4.69) is 84.5 Å². The fourth-order valence-electron chi connectivity index (χ4n) is 2.95. The van der Waals surface area contributed by atoms with E-state index in [0.717, 1.165) is 33.6 Å². The van der Waals surface area contributed by atoms with E-state index in [1.54, 1.807) is 0 Å². The molecule has 0 aliphatic heterocycles. The molecule has 0 spiro atoms. The lowest BCUT2D eigenvalue weighted by Gasteiger charge is -2.10. The van der Waals surface area contributed by atoms with Gasteiger partial charge in [-0.3, -0.25) is 0 Å². The Bertz CT molecular complexity index is 910. The smallest absolute Gasteiger partial charge is 0.159 e. The van der Waals surface area contributed by atoms with Crippen LogP contribution in [0.1, 0.15) is 16.7 Å². The highest BCUT2D eigenvalue weighted by atomic mass is 14.9. The molecule has 0 atom stereocenters. The predicted molar refractivity (Wildman–Crippen MR) is 110 cm³/mol. The minimum atomic E-state index is 0.713. The molecule has 4 aromatic rings. The highest BCUT2D eigenvalue weighted by molar-refractivity contribution is 5.74. The summed E-state index contributed by atoms with van der Waals surface area (Å²) in [4.78, 5) is 13.9. The molecule has 3 nitrogen and oxygen atoms in total. The van der Waals surface area contributed by atoms with Gasteiger partial charge in [0.2, 0.25) is 0 Å². The van der Waals surface area contributed by atoms with Crippen molar-refractivity contribution in [3.8, 4) is 33.9 Å². The summed E-state index contributed by atoms with van der Waals surface area (Å²) in [5.41, 5.74) is 8.50. The Morgan fingerprint density at radius 3 is 1.41 bits per heavy atom. The maximum atomic E-state index is 4.92. The van der Waals surface area contributed by atoms with Crippen molar-refractivity contribution in [2.75, 3.05) is 0 Å². The molecular formula is C24H21N3. The van der Waals surface area contributed by atoms with Crippen molar-refractivity contribution in [2.45, 2.75) is 20.8 Å². The number of hydrogen-bond acceptors (Lipinski definition) is 3. The third kappa shape index (κ3) is 3.77. The van der Waals surface area contributed by atoms with E-state index in [0.29, 0.717) is 5.82 Å².